The van der Waals surface area contributed by atoms with Crippen LogP contribution in [-0.4, -0.2) is 103 Å². The van der Waals surface area contributed by atoms with Gasteiger partial charge in [0.25, 0.3) is 11.8 Å². The van der Waals surface area contributed by atoms with E-state index in [0.29, 0.717) is 60.1 Å². The first-order valence-corrected chi connectivity index (χ1v) is 25.3. The van der Waals surface area contributed by atoms with Crippen LogP contribution in [0.25, 0.3) is 32.9 Å². The molecule has 8 aromatic rings. The molecule has 0 aliphatic heterocycles. The van der Waals surface area contributed by atoms with Crippen LogP contribution in [0.2, 0.25) is 0 Å². The standard InChI is InChI=1S/C24H24N4O4S.C18H18BrN3O2.C6H8BNO4S.CH4/c1-3-32-22-13-17(10-11-21(22)16-6-5-9-20(12-16)33(25,30)31)24(29)28(2)15-19-8-4-7-18-14-26-27-23(18)19;1-3-24-16-9-12(7-8-15(16)19)18(23)22(2)11-14-6-4-5-13-10-20-21-17(13)14;8-13(11,12)6-3-1-2-5(4-6)7(9)10;/h4-14H,3,15H2,1-2H3,(H,26,27)(H2,25,30,31);4-10H,3,11H2,1-2H3,(H,20,21);1-4,9-10H,(H2,8,11,12);1H4. The number of nitrogens with two attached hydrogens (primary N) is 2. The van der Waals surface area contributed by atoms with Gasteiger partial charge in [0.1, 0.15) is 11.5 Å². The SMILES string of the molecule is C.CCOc1cc(C(=O)N(C)Cc2cccc3cn[nH]c23)ccc1-c1cccc(S(N)(=O)=O)c1.CCOc1cc(C(=O)N(C)Cc2cccc3cn[nH]c23)ccc1Br.NS(=O)(=O)c1cccc(B(O)O)c1. The Morgan fingerprint density at radius 2 is 1.11 bits per heavy atom. The average Bonchev–Trinajstić information content (AvgIpc) is 4.04. The maximum atomic E-state index is 13.2. The summed E-state index contributed by atoms with van der Waals surface area (Å²) in [6.45, 7) is 5.60. The van der Waals surface area contributed by atoms with Gasteiger partial charge in [-0.3, -0.25) is 19.8 Å². The molecular weight excluding hydrogens is 1020 g/mol. The van der Waals surface area contributed by atoms with Crippen molar-refractivity contribution in [1.82, 2.24) is 30.2 Å². The molecule has 0 bridgehead atoms. The maximum Gasteiger partial charge on any atom is 0.488 e. The van der Waals surface area contributed by atoms with Crippen LogP contribution < -0.4 is 25.2 Å². The number of amides is 2. The van der Waals surface area contributed by atoms with E-state index in [0.717, 1.165) is 43.5 Å². The van der Waals surface area contributed by atoms with Gasteiger partial charge in [0.2, 0.25) is 20.0 Å². The van der Waals surface area contributed by atoms with Crippen LogP contribution in [-0.2, 0) is 33.1 Å². The highest BCUT2D eigenvalue weighted by Gasteiger charge is 2.20. The van der Waals surface area contributed by atoms with Crippen molar-refractivity contribution in [3.05, 3.63) is 160 Å². The lowest BCUT2D eigenvalue weighted by Crippen LogP contribution is -2.30. The Hall–Kier alpha value is -6.92. The summed E-state index contributed by atoms with van der Waals surface area (Å²) >= 11 is 3.43. The van der Waals surface area contributed by atoms with E-state index in [1.807, 2.05) is 56.3 Å². The highest BCUT2D eigenvalue weighted by molar-refractivity contribution is 9.10. The van der Waals surface area contributed by atoms with E-state index in [1.165, 1.54) is 30.3 Å². The summed E-state index contributed by atoms with van der Waals surface area (Å²) < 4.78 is 57.3. The lowest BCUT2D eigenvalue weighted by Gasteiger charge is -2.19. The number of sulfonamides is 2. The van der Waals surface area contributed by atoms with Gasteiger partial charge in [-0.15, -0.1) is 0 Å². The number of para-hydroxylation sites is 2. The molecule has 22 heteroatoms. The quantitative estimate of drug-likeness (QED) is 0.0665. The largest absolute Gasteiger partial charge is 0.493 e. The van der Waals surface area contributed by atoms with Crippen LogP contribution in [0.4, 0.5) is 0 Å². The van der Waals surface area contributed by atoms with Crippen LogP contribution in [0.15, 0.2) is 148 Å². The molecule has 2 amide bonds. The zero-order valence-corrected chi connectivity index (χ0v) is 41.6. The van der Waals surface area contributed by atoms with Crippen molar-refractivity contribution in [2.75, 3.05) is 27.3 Å². The zero-order chi connectivity index (χ0) is 50.8. The lowest BCUT2D eigenvalue weighted by molar-refractivity contribution is 0.0778. The van der Waals surface area contributed by atoms with Crippen molar-refractivity contribution >= 4 is 82.2 Å². The van der Waals surface area contributed by atoms with E-state index in [2.05, 4.69) is 36.3 Å². The number of hydrogen-bond donors (Lipinski definition) is 6. The number of benzene rings is 6. The number of nitrogens with zero attached hydrogens (tertiary/aromatic N) is 4. The second-order valence-electron chi connectivity index (χ2n) is 15.6. The van der Waals surface area contributed by atoms with Crippen LogP contribution in [0.5, 0.6) is 11.5 Å². The number of carbonyl (C=O) groups is 2. The number of primary sulfonamides is 2. The zero-order valence-electron chi connectivity index (χ0n) is 38.4. The normalized spacial score (nSPS) is 11.1. The van der Waals surface area contributed by atoms with E-state index >= 15 is 0 Å². The molecular formula is C49H54BBrN8O10S2. The average molecular weight is 1070 g/mol. The summed E-state index contributed by atoms with van der Waals surface area (Å²) in [5.41, 5.74) is 6.30. The summed E-state index contributed by atoms with van der Waals surface area (Å²) in [7, 11) is -5.79. The first kappa shape index (κ1) is 55.0. The van der Waals surface area contributed by atoms with Gasteiger partial charge in [0, 0.05) is 54.6 Å². The Bertz CT molecular complexity index is 3370. The topological polar surface area (TPSA) is 277 Å². The summed E-state index contributed by atoms with van der Waals surface area (Å²) in [6.07, 6.45) is 3.53. The van der Waals surface area contributed by atoms with Crippen molar-refractivity contribution in [2.45, 2.75) is 44.2 Å². The fourth-order valence-corrected chi connectivity index (χ4v) is 8.67. The monoisotopic (exact) mass is 1070 g/mol. The molecule has 0 unspecified atom stereocenters. The van der Waals surface area contributed by atoms with Gasteiger partial charge in [0.05, 0.1) is 50.9 Å². The highest BCUT2D eigenvalue weighted by atomic mass is 79.9. The van der Waals surface area contributed by atoms with Gasteiger partial charge in [-0.2, -0.15) is 10.2 Å². The first-order chi connectivity index (χ1) is 33.3. The molecule has 0 atom stereocenters. The van der Waals surface area contributed by atoms with Crippen LogP contribution in [0, 0.1) is 0 Å². The predicted octanol–water partition coefficient (Wildman–Crippen LogP) is 6.19. The fraction of sp³-hybridized carbons (Fsp3) is 0.184. The molecule has 18 nitrogen and oxygen atoms in total. The number of aromatic amines is 2. The second kappa shape index (κ2) is 24.3. The van der Waals surface area contributed by atoms with E-state index in [1.54, 1.807) is 78.8 Å². The lowest BCUT2D eigenvalue weighted by atomic mass is 9.81. The van der Waals surface area contributed by atoms with Gasteiger partial charge in [-0.25, -0.2) is 27.1 Å². The van der Waals surface area contributed by atoms with Crippen molar-refractivity contribution in [3.8, 4) is 22.6 Å². The molecule has 0 saturated carbocycles. The Labute approximate surface area is 421 Å². The number of fused-ring (bicyclic) bond motifs is 2. The number of ether oxygens (including phenoxy) is 2. The molecule has 0 aliphatic carbocycles. The Balaban J connectivity index is 0.000000216. The van der Waals surface area contributed by atoms with Crippen molar-refractivity contribution in [1.29, 1.82) is 0 Å². The molecule has 71 heavy (non-hydrogen) atoms. The van der Waals surface area contributed by atoms with Crippen molar-refractivity contribution < 1.29 is 45.9 Å². The number of hydrogen-bond acceptors (Lipinski definition) is 12. The van der Waals surface area contributed by atoms with E-state index in [9.17, 15) is 26.4 Å². The van der Waals surface area contributed by atoms with Crippen LogP contribution in [0.1, 0.15) is 53.1 Å². The number of H-pyrrole nitrogens is 2. The minimum absolute atomic E-state index is 0. The first-order valence-electron chi connectivity index (χ1n) is 21.4. The molecule has 6 aromatic carbocycles. The fourth-order valence-electron chi connectivity index (χ4n) is 7.18. The molecule has 0 aliphatic rings. The Morgan fingerprint density at radius 3 is 1.62 bits per heavy atom. The third-order valence-corrected chi connectivity index (χ3v) is 13.1. The van der Waals surface area contributed by atoms with E-state index in [4.69, 9.17) is 29.8 Å². The summed E-state index contributed by atoms with van der Waals surface area (Å²) in [6, 6.07) is 33.8. The Kier molecular flexibility index (Phi) is 18.8. The predicted molar refractivity (Wildman–Crippen MR) is 278 cm³/mol. The minimum Gasteiger partial charge on any atom is -0.493 e. The molecule has 0 fully saturated rings. The van der Waals surface area contributed by atoms with E-state index in [-0.39, 0.29) is 34.5 Å². The van der Waals surface area contributed by atoms with Gasteiger partial charge in [-0.1, -0.05) is 68.1 Å². The molecule has 372 valence electrons. The van der Waals surface area contributed by atoms with Gasteiger partial charge in [-0.05, 0) is 113 Å². The number of halogens is 1. The number of nitrogens with one attached hydrogen (secondary N) is 2. The third kappa shape index (κ3) is 14.1. The van der Waals surface area contributed by atoms with Crippen molar-refractivity contribution in [3.63, 3.8) is 0 Å². The maximum absolute atomic E-state index is 13.2. The third-order valence-electron chi connectivity index (χ3n) is 10.6. The molecule has 2 aromatic heterocycles. The summed E-state index contributed by atoms with van der Waals surface area (Å²) in [5, 5.41) is 43.7. The van der Waals surface area contributed by atoms with Crippen LogP contribution in [0.3, 0.4) is 0 Å². The molecule has 0 spiro atoms. The molecule has 0 saturated heterocycles. The molecule has 8 N–H and O–H groups in total. The van der Waals surface area contributed by atoms with Crippen LogP contribution >= 0.6 is 15.9 Å². The summed E-state index contributed by atoms with van der Waals surface area (Å²) in [5.74, 6) is 0.934. The van der Waals surface area contributed by atoms with Gasteiger partial charge in [0.15, 0.2) is 0 Å². The number of rotatable bonds is 14. The molecule has 8 rings (SSSR count). The molecule has 2 heterocycles. The Morgan fingerprint density at radius 1 is 0.648 bits per heavy atom. The number of aromatic nitrogens is 4. The van der Waals surface area contributed by atoms with E-state index < -0.39 is 27.2 Å². The second-order valence-corrected chi connectivity index (χ2v) is 19.6. The minimum atomic E-state index is -3.84. The van der Waals surface area contributed by atoms with Gasteiger partial charge < -0.3 is 29.3 Å². The summed E-state index contributed by atoms with van der Waals surface area (Å²) in [4.78, 5) is 29.1. The smallest absolute Gasteiger partial charge is 0.488 e. The van der Waals surface area contributed by atoms with Crippen molar-refractivity contribution in [2.24, 2.45) is 10.3 Å². The number of carbonyl (C=O) groups excluding carboxylic acids is 2. The molecule has 0 radical (unpaired) electrons. The van der Waals surface area contributed by atoms with Gasteiger partial charge >= 0.3 is 7.12 Å². The highest BCUT2D eigenvalue weighted by Crippen LogP contribution is 2.33.